The van der Waals surface area contributed by atoms with Gasteiger partial charge in [-0.25, -0.2) is 0 Å². The van der Waals surface area contributed by atoms with Crippen LogP contribution in [0.25, 0.3) is 0 Å². The number of benzene rings is 1. The van der Waals surface area contributed by atoms with Crippen molar-refractivity contribution in [2.45, 2.75) is 43.6 Å². The zero-order valence-electron chi connectivity index (χ0n) is 11.7. The molecule has 2 N–H and O–H groups in total. The molecule has 3 nitrogen and oxygen atoms in total. The van der Waals surface area contributed by atoms with Gasteiger partial charge in [-0.15, -0.1) is 0 Å². The molecule has 0 bridgehead atoms. The molecule has 1 aliphatic rings. The first-order valence-corrected chi connectivity index (χ1v) is 7.67. The Balaban J connectivity index is 1.98. The Hall–Kier alpha value is -0.610. The van der Waals surface area contributed by atoms with Crippen LogP contribution in [-0.4, -0.2) is 36.1 Å². The van der Waals surface area contributed by atoms with Crippen LogP contribution in [0.5, 0.6) is 0 Å². The predicted octanol–water partition coefficient (Wildman–Crippen LogP) is 2.91. The molecule has 0 radical (unpaired) electrons. The fourth-order valence-electron chi connectivity index (χ4n) is 2.88. The van der Waals surface area contributed by atoms with E-state index >= 15 is 0 Å². The van der Waals surface area contributed by atoms with Crippen LogP contribution in [0, 0.1) is 0 Å². The van der Waals surface area contributed by atoms with Gasteiger partial charge in [0.15, 0.2) is 0 Å². The van der Waals surface area contributed by atoms with E-state index in [1.54, 1.807) is 12.1 Å². The number of hydrogen-bond donors (Lipinski definition) is 2. The van der Waals surface area contributed by atoms with Crippen molar-refractivity contribution in [3.8, 4) is 0 Å². The van der Waals surface area contributed by atoms with Crippen molar-refractivity contribution in [1.82, 2.24) is 0 Å². The van der Waals surface area contributed by atoms with Gasteiger partial charge in [-0.3, -0.25) is 0 Å². The third-order valence-corrected chi connectivity index (χ3v) is 4.52. The lowest BCUT2D eigenvalue weighted by atomic mass is 9.77. The van der Waals surface area contributed by atoms with E-state index in [0.29, 0.717) is 11.1 Å². The average molecular weight is 299 g/mol. The number of ether oxygens (including phenoxy) is 1. The molecule has 0 aliphatic carbocycles. The Labute approximate surface area is 125 Å². The van der Waals surface area contributed by atoms with E-state index in [1.807, 2.05) is 12.1 Å². The van der Waals surface area contributed by atoms with Crippen LogP contribution < -0.4 is 0 Å². The van der Waals surface area contributed by atoms with Gasteiger partial charge in [0.05, 0.1) is 19.3 Å². The molecule has 1 aliphatic heterocycles. The van der Waals surface area contributed by atoms with Crippen LogP contribution >= 0.6 is 11.6 Å². The lowest BCUT2D eigenvalue weighted by Gasteiger charge is -2.31. The van der Waals surface area contributed by atoms with Crippen molar-refractivity contribution in [3.05, 3.63) is 34.9 Å². The van der Waals surface area contributed by atoms with Gasteiger partial charge in [-0.2, -0.15) is 0 Å². The first kappa shape index (κ1) is 15.8. The van der Waals surface area contributed by atoms with Crippen molar-refractivity contribution in [3.63, 3.8) is 0 Å². The van der Waals surface area contributed by atoms with E-state index in [9.17, 15) is 10.2 Å². The summed E-state index contributed by atoms with van der Waals surface area (Å²) in [4.78, 5) is 0. The molecule has 1 atom stereocenters. The van der Waals surface area contributed by atoms with Crippen molar-refractivity contribution in [2.75, 3.05) is 19.8 Å². The Bertz CT molecular complexity index is 395. The van der Waals surface area contributed by atoms with Crippen LogP contribution in [-0.2, 0) is 10.2 Å². The highest BCUT2D eigenvalue weighted by Gasteiger charge is 2.31. The predicted molar refractivity (Wildman–Crippen MR) is 80.1 cm³/mol. The second-order valence-electron chi connectivity index (χ2n) is 5.63. The van der Waals surface area contributed by atoms with E-state index in [0.717, 1.165) is 44.3 Å². The number of halogens is 1. The third kappa shape index (κ3) is 3.73. The Kier molecular flexibility index (Phi) is 5.85. The minimum Gasteiger partial charge on any atom is -0.395 e. The number of hydrogen-bond acceptors (Lipinski definition) is 3. The molecule has 0 aromatic heterocycles. The molecule has 0 saturated carbocycles. The van der Waals surface area contributed by atoms with Crippen molar-refractivity contribution < 1.29 is 14.9 Å². The van der Waals surface area contributed by atoms with E-state index in [2.05, 4.69) is 0 Å². The zero-order chi connectivity index (χ0) is 14.4. The summed E-state index contributed by atoms with van der Waals surface area (Å²) in [5.74, 6) is 0. The van der Waals surface area contributed by atoms with Crippen LogP contribution in [0.1, 0.15) is 37.7 Å². The van der Waals surface area contributed by atoms with Crippen LogP contribution in [0.3, 0.4) is 0 Å². The summed E-state index contributed by atoms with van der Waals surface area (Å²) in [5.41, 5.74) is 0.364. The molecular weight excluding hydrogens is 276 g/mol. The summed E-state index contributed by atoms with van der Waals surface area (Å²) in [6.07, 6.45) is 5.32. The summed E-state index contributed by atoms with van der Waals surface area (Å²) < 4.78 is 5.61. The van der Waals surface area contributed by atoms with Gasteiger partial charge in [-0.05, 0) is 49.8 Å². The molecule has 1 aromatic rings. The fourth-order valence-corrected chi connectivity index (χ4v) is 3.00. The monoisotopic (exact) mass is 298 g/mol. The zero-order valence-corrected chi connectivity index (χ0v) is 12.5. The molecule has 20 heavy (non-hydrogen) atoms. The highest BCUT2D eigenvalue weighted by Crippen LogP contribution is 2.31. The summed E-state index contributed by atoms with van der Waals surface area (Å²) >= 11 is 5.90. The van der Waals surface area contributed by atoms with Gasteiger partial charge in [0.2, 0.25) is 0 Å². The Morgan fingerprint density at radius 3 is 2.45 bits per heavy atom. The summed E-state index contributed by atoms with van der Waals surface area (Å²) in [5, 5.41) is 20.2. The lowest BCUT2D eigenvalue weighted by Crippen LogP contribution is -2.35. The van der Waals surface area contributed by atoms with Gasteiger partial charge < -0.3 is 14.9 Å². The summed E-state index contributed by atoms with van der Waals surface area (Å²) in [6, 6.07) is 7.38. The van der Waals surface area contributed by atoms with E-state index in [4.69, 9.17) is 16.3 Å². The molecule has 1 heterocycles. The van der Waals surface area contributed by atoms with Crippen LogP contribution in [0.4, 0.5) is 0 Å². The summed E-state index contributed by atoms with van der Waals surface area (Å²) in [7, 11) is 0. The van der Waals surface area contributed by atoms with Gasteiger partial charge >= 0.3 is 0 Å². The smallest absolute Gasteiger partial charge is 0.0576 e. The maximum Gasteiger partial charge on any atom is 0.0576 e. The average Bonchev–Trinajstić information content (AvgIpc) is 2.98. The maximum absolute atomic E-state index is 9.77. The molecule has 1 unspecified atom stereocenters. The van der Waals surface area contributed by atoms with Gasteiger partial charge in [-0.1, -0.05) is 23.7 Å². The van der Waals surface area contributed by atoms with Crippen LogP contribution in [0.2, 0.25) is 5.02 Å². The summed E-state index contributed by atoms with van der Waals surface area (Å²) in [6.45, 7) is 0.750. The quantitative estimate of drug-likeness (QED) is 0.814. The molecule has 1 fully saturated rings. The second kappa shape index (κ2) is 7.41. The highest BCUT2D eigenvalue weighted by atomic mass is 35.5. The molecule has 0 spiro atoms. The number of rotatable bonds is 7. The van der Waals surface area contributed by atoms with Crippen molar-refractivity contribution in [2.24, 2.45) is 0 Å². The molecule has 0 amide bonds. The highest BCUT2D eigenvalue weighted by molar-refractivity contribution is 6.30. The number of aliphatic hydroxyl groups excluding tert-OH is 2. The van der Waals surface area contributed by atoms with Gasteiger partial charge in [0.1, 0.15) is 0 Å². The Morgan fingerprint density at radius 2 is 1.90 bits per heavy atom. The fraction of sp³-hybridized carbons (Fsp3) is 0.625. The lowest BCUT2D eigenvalue weighted by molar-refractivity contribution is 0.0841. The van der Waals surface area contributed by atoms with E-state index < -0.39 is 5.41 Å². The second-order valence-corrected chi connectivity index (χ2v) is 6.07. The standard InChI is InChI=1S/C16H23ClO3/c17-14-7-5-13(6-8-14)16(11-18,12-19)9-1-3-15-4-2-10-20-15/h5-8,15,18-19H,1-4,9-12H2. The van der Waals surface area contributed by atoms with E-state index in [1.165, 1.54) is 0 Å². The largest absolute Gasteiger partial charge is 0.395 e. The number of aliphatic hydroxyl groups is 2. The van der Waals surface area contributed by atoms with Crippen molar-refractivity contribution in [1.29, 1.82) is 0 Å². The molecule has 1 saturated heterocycles. The first-order chi connectivity index (χ1) is 9.70. The maximum atomic E-state index is 9.77. The molecule has 112 valence electrons. The molecule has 1 aromatic carbocycles. The third-order valence-electron chi connectivity index (χ3n) is 4.27. The van der Waals surface area contributed by atoms with E-state index in [-0.39, 0.29) is 13.2 Å². The minimum absolute atomic E-state index is 0.0589. The molecule has 4 heteroatoms. The molecule has 2 rings (SSSR count). The SMILES string of the molecule is OCC(CO)(CCCC1CCCO1)c1ccc(Cl)cc1. The van der Waals surface area contributed by atoms with Crippen molar-refractivity contribution >= 4 is 11.6 Å². The minimum atomic E-state index is -0.580. The first-order valence-electron chi connectivity index (χ1n) is 7.29. The normalized spacial score (nSPS) is 19.4. The Morgan fingerprint density at radius 1 is 1.20 bits per heavy atom. The topological polar surface area (TPSA) is 49.7 Å². The van der Waals surface area contributed by atoms with Gasteiger partial charge in [0, 0.05) is 17.0 Å². The van der Waals surface area contributed by atoms with Gasteiger partial charge in [0.25, 0.3) is 0 Å². The van der Waals surface area contributed by atoms with Crippen LogP contribution in [0.15, 0.2) is 24.3 Å². The molecular formula is C16H23ClO3.